The van der Waals surface area contributed by atoms with Gasteiger partial charge in [-0.05, 0) is 36.3 Å². The summed E-state index contributed by atoms with van der Waals surface area (Å²) in [5.41, 5.74) is 8.00. The van der Waals surface area contributed by atoms with Crippen molar-refractivity contribution in [2.45, 2.75) is 51.5 Å². The third-order valence-corrected chi connectivity index (χ3v) is 3.84. The zero-order chi connectivity index (χ0) is 14.0. The van der Waals surface area contributed by atoms with Crippen LogP contribution in [0.2, 0.25) is 0 Å². The number of benzene rings is 1. The molecular formula is C16H25ClN2O. The Morgan fingerprint density at radius 1 is 1.25 bits per heavy atom. The maximum absolute atomic E-state index is 12.3. The Kier molecular flexibility index (Phi) is 5.60. The maximum atomic E-state index is 12.3. The average molecular weight is 297 g/mol. The molecule has 0 radical (unpaired) electrons. The summed E-state index contributed by atoms with van der Waals surface area (Å²) in [4.78, 5) is 12.3. The molecule has 20 heavy (non-hydrogen) atoms. The molecule has 1 amide bonds. The Hall–Kier alpha value is -1.06. The van der Waals surface area contributed by atoms with Crippen LogP contribution >= 0.6 is 12.4 Å². The zero-order valence-electron chi connectivity index (χ0n) is 12.5. The molecule has 1 aliphatic carbocycles. The second kappa shape index (κ2) is 6.59. The number of carbonyl (C=O) groups is 1. The Morgan fingerprint density at radius 3 is 2.45 bits per heavy atom. The van der Waals surface area contributed by atoms with Crippen molar-refractivity contribution in [1.29, 1.82) is 0 Å². The quantitative estimate of drug-likeness (QED) is 0.878. The minimum absolute atomic E-state index is 0. The van der Waals surface area contributed by atoms with Crippen molar-refractivity contribution in [2.75, 3.05) is 5.32 Å². The van der Waals surface area contributed by atoms with Crippen LogP contribution in [-0.4, -0.2) is 11.9 Å². The number of para-hydroxylation sites is 1. The highest BCUT2D eigenvalue weighted by molar-refractivity contribution is 5.93. The molecule has 0 spiro atoms. The van der Waals surface area contributed by atoms with E-state index >= 15 is 0 Å². The fourth-order valence-electron chi connectivity index (χ4n) is 2.74. The molecule has 1 saturated carbocycles. The number of carbonyl (C=O) groups excluding carboxylic acids is 1. The highest BCUT2D eigenvalue weighted by Crippen LogP contribution is 2.31. The summed E-state index contributed by atoms with van der Waals surface area (Å²) in [6.45, 7) is 6.47. The van der Waals surface area contributed by atoms with Crippen molar-refractivity contribution < 1.29 is 4.79 Å². The van der Waals surface area contributed by atoms with Crippen LogP contribution in [-0.2, 0) is 10.2 Å². The predicted molar refractivity (Wildman–Crippen MR) is 86.3 cm³/mol. The van der Waals surface area contributed by atoms with E-state index in [1.165, 1.54) is 5.56 Å². The Balaban J connectivity index is 0.00000200. The van der Waals surface area contributed by atoms with Crippen LogP contribution in [0, 0.1) is 5.92 Å². The maximum Gasteiger partial charge on any atom is 0.227 e. The molecule has 0 heterocycles. The molecule has 0 aromatic heterocycles. The molecule has 1 aromatic carbocycles. The average Bonchev–Trinajstić information content (AvgIpc) is 2.75. The molecule has 0 saturated heterocycles. The molecule has 2 unspecified atom stereocenters. The van der Waals surface area contributed by atoms with Crippen LogP contribution in [0.15, 0.2) is 24.3 Å². The van der Waals surface area contributed by atoms with Gasteiger partial charge < -0.3 is 11.1 Å². The SMILES string of the molecule is CC(C)(C)c1ccccc1NC(=O)C1CCC(N)C1.Cl. The van der Waals surface area contributed by atoms with E-state index in [1.807, 2.05) is 18.2 Å². The number of halogens is 1. The van der Waals surface area contributed by atoms with Gasteiger partial charge in [0, 0.05) is 17.6 Å². The van der Waals surface area contributed by atoms with Gasteiger partial charge in [0.05, 0.1) is 0 Å². The molecule has 0 aliphatic heterocycles. The van der Waals surface area contributed by atoms with Gasteiger partial charge in [-0.3, -0.25) is 4.79 Å². The van der Waals surface area contributed by atoms with Crippen molar-refractivity contribution in [2.24, 2.45) is 11.7 Å². The molecule has 2 rings (SSSR count). The molecule has 3 N–H and O–H groups in total. The zero-order valence-corrected chi connectivity index (χ0v) is 13.3. The summed E-state index contributed by atoms with van der Waals surface area (Å²) in [5, 5.41) is 3.09. The van der Waals surface area contributed by atoms with E-state index in [9.17, 15) is 4.79 Å². The molecule has 3 nitrogen and oxygen atoms in total. The minimum atomic E-state index is 0. The topological polar surface area (TPSA) is 55.1 Å². The first kappa shape index (κ1) is 17.0. The van der Waals surface area contributed by atoms with E-state index in [2.05, 4.69) is 32.2 Å². The molecule has 112 valence electrons. The first-order valence-corrected chi connectivity index (χ1v) is 7.04. The van der Waals surface area contributed by atoms with E-state index in [0.717, 1.165) is 24.9 Å². The van der Waals surface area contributed by atoms with E-state index in [4.69, 9.17) is 5.73 Å². The Labute approximate surface area is 127 Å². The van der Waals surface area contributed by atoms with Crippen molar-refractivity contribution >= 4 is 24.0 Å². The summed E-state index contributed by atoms with van der Waals surface area (Å²) >= 11 is 0. The normalized spacial score (nSPS) is 22.2. The van der Waals surface area contributed by atoms with E-state index in [0.29, 0.717) is 0 Å². The largest absolute Gasteiger partial charge is 0.328 e. The van der Waals surface area contributed by atoms with Crippen LogP contribution in [0.4, 0.5) is 5.69 Å². The molecule has 2 atom stereocenters. The monoisotopic (exact) mass is 296 g/mol. The lowest BCUT2D eigenvalue weighted by molar-refractivity contribution is -0.119. The van der Waals surface area contributed by atoms with Crippen LogP contribution in [0.25, 0.3) is 0 Å². The van der Waals surface area contributed by atoms with Gasteiger partial charge in [-0.15, -0.1) is 12.4 Å². The summed E-state index contributed by atoms with van der Waals surface area (Å²) in [5.74, 6) is 0.188. The fourth-order valence-corrected chi connectivity index (χ4v) is 2.74. The lowest BCUT2D eigenvalue weighted by atomic mass is 9.85. The Bertz CT molecular complexity index is 468. The van der Waals surface area contributed by atoms with Crippen LogP contribution in [0.1, 0.15) is 45.6 Å². The summed E-state index contributed by atoms with van der Waals surface area (Å²) < 4.78 is 0. The van der Waals surface area contributed by atoms with Gasteiger partial charge in [0.15, 0.2) is 0 Å². The summed E-state index contributed by atoms with van der Waals surface area (Å²) in [6.07, 6.45) is 2.67. The third-order valence-electron chi connectivity index (χ3n) is 3.84. The van der Waals surface area contributed by atoms with Crippen molar-refractivity contribution in [3.05, 3.63) is 29.8 Å². The van der Waals surface area contributed by atoms with Gasteiger partial charge in [-0.1, -0.05) is 39.0 Å². The van der Waals surface area contributed by atoms with Crippen LogP contribution in [0.3, 0.4) is 0 Å². The predicted octanol–water partition coefficient (Wildman–Crippen LogP) is 3.47. The van der Waals surface area contributed by atoms with E-state index in [1.54, 1.807) is 0 Å². The van der Waals surface area contributed by atoms with Gasteiger partial charge in [-0.25, -0.2) is 0 Å². The van der Waals surface area contributed by atoms with Crippen molar-refractivity contribution in [3.63, 3.8) is 0 Å². The third kappa shape index (κ3) is 3.97. The number of rotatable bonds is 2. The van der Waals surface area contributed by atoms with E-state index < -0.39 is 0 Å². The lowest BCUT2D eigenvalue weighted by Crippen LogP contribution is -2.25. The van der Waals surface area contributed by atoms with Gasteiger partial charge in [0.2, 0.25) is 5.91 Å². The van der Waals surface area contributed by atoms with E-state index in [-0.39, 0.29) is 35.7 Å². The summed E-state index contributed by atoms with van der Waals surface area (Å²) in [7, 11) is 0. The number of hydrogen-bond acceptors (Lipinski definition) is 2. The second-order valence-electron chi connectivity index (χ2n) is 6.55. The van der Waals surface area contributed by atoms with Crippen LogP contribution < -0.4 is 11.1 Å². The molecule has 1 fully saturated rings. The van der Waals surface area contributed by atoms with Gasteiger partial charge in [0.25, 0.3) is 0 Å². The molecular weight excluding hydrogens is 272 g/mol. The highest BCUT2D eigenvalue weighted by Gasteiger charge is 2.28. The number of nitrogens with two attached hydrogens (primary N) is 1. The number of anilines is 1. The fraction of sp³-hybridized carbons (Fsp3) is 0.562. The molecule has 0 bridgehead atoms. The second-order valence-corrected chi connectivity index (χ2v) is 6.55. The number of nitrogens with one attached hydrogen (secondary N) is 1. The van der Waals surface area contributed by atoms with Crippen molar-refractivity contribution in [1.82, 2.24) is 0 Å². The molecule has 1 aromatic rings. The first-order chi connectivity index (χ1) is 8.88. The standard InChI is InChI=1S/C16H24N2O.ClH/c1-16(2,3)13-6-4-5-7-14(13)18-15(19)11-8-9-12(17)10-11;/h4-7,11-12H,8-10,17H2,1-3H3,(H,18,19);1H. The van der Waals surface area contributed by atoms with Gasteiger partial charge in [0.1, 0.15) is 0 Å². The first-order valence-electron chi connectivity index (χ1n) is 7.04. The molecule has 1 aliphatic rings. The minimum Gasteiger partial charge on any atom is -0.328 e. The number of hydrogen-bond donors (Lipinski definition) is 2. The van der Waals surface area contributed by atoms with Gasteiger partial charge in [-0.2, -0.15) is 0 Å². The number of amides is 1. The Morgan fingerprint density at radius 2 is 1.90 bits per heavy atom. The van der Waals surface area contributed by atoms with Gasteiger partial charge >= 0.3 is 0 Å². The van der Waals surface area contributed by atoms with Crippen LogP contribution in [0.5, 0.6) is 0 Å². The van der Waals surface area contributed by atoms with Crippen molar-refractivity contribution in [3.8, 4) is 0 Å². The lowest BCUT2D eigenvalue weighted by Gasteiger charge is -2.23. The molecule has 4 heteroatoms. The summed E-state index contributed by atoms with van der Waals surface area (Å²) in [6, 6.07) is 8.23. The smallest absolute Gasteiger partial charge is 0.227 e. The highest BCUT2D eigenvalue weighted by atomic mass is 35.5.